The molecule has 0 fully saturated rings. The standard InChI is InChI=1S/C28H31ClN6O4S.C3H6/c1-32-25(36)15-35(40-17-18-6-4-3-5-7-18)23-11-21(10-22(29)13-23)28(38)34-14-20-9-8-19(27(30)31)12-24(20)39-16-26(37)33-2;1-3-2/h3-13H,14-17H2,1-2H3,(H3,30,31)(H,32,36)(H,33,37)(H,34,38);3H,1H2,2H3. The predicted molar refractivity (Wildman–Crippen MR) is 175 cm³/mol. The number of amidine groups is 1. The average molecular weight is 625 g/mol. The fourth-order valence-electron chi connectivity index (χ4n) is 3.49. The molecule has 3 rings (SSSR count). The third-order valence-corrected chi connectivity index (χ3v) is 7.02. The van der Waals surface area contributed by atoms with Gasteiger partial charge in [-0.2, -0.15) is 0 Å². The highest BCUT2D eigenvalue weighted by atomic mass is 35.5. The van der Waals surface area contributed by atoms with Crippen LogP contribution in [0, 0.1) is 5.41 Å². The third-order valence-electron chi connectivity index (χ3n) is 5.68. The summed E-state index contributed by atoms with van der Waals surface area (Å²) in [5.41, 5.74) is 8.59. The lowest BCUT2D eigenvalue weighted by atomic mass is 10.1. The molecule has 0 aromatic heterocycles. The number of hydrogen-bond acceptors (Lipinski definition) is 7. The topological polar surface area (TPSA) is 150 Å². The van der Waals surface area contributed by atoms with Crippen LogP contribution in [0.4, 0.5) is 5.69 Å². The fourth-order valence-corrected chi connectivity index (χ4v) is 4.68. The molecule has 12 heteroatoms. The van der Waals surface area contributed by atoms with Crippen LogP contribution in [0.1, 0.15) is 34.0 Å². The van der Waals surface area contributed by atoms with Gasteiger partial charge >= 0.3 is 0 Å². The molecule has 10 nitrogen and oxygen atoms in total. The van der Waals surface area contributed by atoms with Gasteiger partial charge in [0.25, 0.3) is 11.8 Å². The Kier molecular flexibility index (Phi) is 14.6. The number of nitrogens with two attached hydrogens (primary N) is 1. The summed E-state index contributed by atoms with van der Waals surface area (Å²) in [6, 6.07) is 19.6. The first-order valence-corrected chi connectivity index (χ1v) is 14.5. The number of hydrogen-bond donors (Lipinski definition) is 5. The van der Waals surface area contributed by atoms with E-state index >= 15 is 0 Å². The molecule has 0 saturated carbocycles. The number of carbonyl (C=O) groups excluding carboxylic acids is 3. The number of amides is 3. The summed E-state index contributed by atoms with van der Waals surface area (Å²) in [5.74, 6) is -0.146. The Bertz CT molecular complexity index is 1420. The lowest BCUT2D eigenvalue weighted by molar-refractivity contribution is -0.122. The van der Waals surface area contributed by atoms with Gasteiger partial charge in [-0.15, -0.1) is 6.58 Å². The smallest absolute Gasteiger partial charge is 0.257 e. The Morgan fingerprint density at radius 1 is 1.02 bits per heavy atom. The average Bonchev–Trinajstić information content (AvgIpc) is 3.01. The Labute approximate surface area is 261 Å². The Morgan fingerprint density at radius 2 is 1.70 bits per heavy atom. The zero-order valence-corrected chi connectivity index (χ0v) is 26.0. The molecule has 6 N–H and O–H groups in total. The quantitative estimate of drug-likeness (QED) is 0.0825. The number of nitrogen functional groups attached to an aromatic ring is 1. The second-order valence-corrected chi connectivity index (χ2v) is 10.4. The molecule has 0 aliphatic rings. The van der Waals surface area contributed by atoms with E-state index in [-0.39, 0.29) is 37.3 Å². The van der Waals surface area contributed by atoms with Crippen LogP contribution in [-0.2, 0) is 21.9 Å². The van der Waals surface area contributed by atoms with Crippen LogP contribution < -0.4 is 30.7 Å². The molecule has 0 aliphatic heterocycles. The number of nitrogens with one attached hydrogen (secondary N) is 4. The number of likely N-dealkylation sites (N-methyl/N-ethyl adjacent to an activating group) is 2. The van der Waals surface area contributed by atoms with Crippen LogP contribution in [0.15, 0.2) is 79.4 Å². The van der Waals surface area contributed by atoms with Gasteiger partial charge in [-0.25, -0.2) is 0 Å². The number of ether oxygens (including phenoxy) is 1. The number of anilines is 1. The van der Waals surface area contributed by atoms with Crippen LogP contribution in [0.3, 0.4) is 0 Å². The zero-order valence-electron chi connectivity index (χ0n) is 24.4. The van der Waals surface area contributed by atoms with E-state index in [1.54, 1.807) is 53.8 Å². The normalized spacial score (nSPS) is 9.95. The second-order valence-electron chi connectivity index (χ2n) is 8.96. The third kappa shape index (κ3) is 11.7. The van der Waals surface area contributed by atoms with Crippen molar-refractivity contribution in [3.05, 3.63) is 107 Å². The van der Waals surface area contributed by atoms with E-state index in [0.29, 0.717) is 38.9 Å². The van der Waals surface area contributed by atoms with E-state index in [4.69, 9.17) is 27.5 Å². The van der Waals surface area contributed by atoms with Crippen molar-refractivity contribution in [2.45, 2.75) is 19.2 Å². The van der Waals surface area contributed by atoms with Gasteiger partial charge in [0.15, 0.2) is 6.61 Å². The van der Waals surface area contributed by atoms with Crippen LogP contribution in [0.5, 0.6) is 5.75 Å². The van der Waals surface area contributed by atoms with Gasteiger partial charge < -0.3 is 30.7 Å². The van der Waals surface area contributed by atoms with Crippen LogP contribution in [-0.4, -0.2) is 50.8 Å². The largest absolute Gasteiger partial charge is 0.483 e. The molecule has 228 valence electrons. The van der Waals surface area contributed by atoms with Crippen LogP contribution in [0.2, 0.25) is 5.02 Å². The highest BCUT2D eigenvalue weighted by Gasteiger charge is 2.17. The maximum Gasteiger partial charge on any atom is 0.257 e. The second kappa shape index (κ2) is 18.1. The van der Waals surface area contributed by atoms with Crippen LogP contribution in [0.25, 0.3) is 0 Å². The molecule has 43 heavy (non-hydrogen) atoms. The predicted octanol–water partition coefficient (Wildman–Crippen LogP) is 4.27. The molecular formula is C31H37ClN6O4S. The first-order valence-electron chi connectivity index (χ1n) is 13.2. The molecule has 0 heterocycles. The number of rotatable bonds is 13. The summed E-state index contributed by atoms with van der Waals surface area (Å²) in [6.07, 6.45) is 1.75. The van der Waals surface area contributed by atoms with E-state index in [9.17, 15) is 14.4 Å². The Hall–Kier alpha value is -4.48. The fraction of sp³-hybridized carbons (Fsp3) is 0.226. The minimum absolute atomic E-state index is 0.0595. The van der Waals surface area contributed by atoms with Crippen molar-refractivity contribution in [3.63, 3.8) is 0 Å². The molecule has 3 aromatic rings. The number of nitrogens with zero attached hydrogens (tertiary/aromatic N) is 1. The lowest BCUT2D eigenvalue weighted by Gasteiger charge is -2.23. The van der Waals surface area contributed by atoms with Gasteiger partial charge in [0.1, 0.15) is 18.1 Å². The van der Waals surface area contributed by atoms with E-state index in [0.717, 1.165) is 5.56 Å². The minimum Gasteiger partial charge on any atom is -0.483 e. The van der Waals surface area contributed by atoms with Crippen molar-refractivity contribution >= 4 is 52.8 Å². The van der Waals surface area contributed by atoms with E-state index < -0.39 is 5.91 Å². The molecular weight excluding hydrogens is 588 g/mol. The summed E-state index contributed by atoms with van der Waals surface area (Å²) in [6.45, 7) is 5.15. The van der Waals surface area contributed by atoms with Gasteiger partial charge in [-0.1, -0.05) is 60.1 Å². The molecule has 0 unspecified atom stereocenters. The van der Waals surface area contributed by atoms with Gasteiger partial charge in [0.2, 0.25) is 5.91 Å². The minimum atomic E-state index is -0.399. The van der Waals surface area contributed by atoms with Crippen molar-refractivity contribution in [1.82, 2.24) is 16.0 Å². The molecule has 0 radical (unpaired) electrons. The highest BCUT2D eigenvalue weighted by Crippen LogP contribution is 2.29. The molecule has 0 spiro atoms. The molecule has 0 saturated heterocycles. The first-order chi connectivity index (χ1) is 20.6. The summed E-state index contributed by atoms with van der Waals surface area (Å²) >= 11 is 7.82. The molecule has 3 amide bonds. The van der Waals surface area contributed by atoms with Gasteiger partial charge in [-0.3, -0.25) is 19.8 Å². The zero-order chi connectivity index (χ0) is 31.8. The molecule has 3 aromatic carbocycles. The number of carbonyl (C=O) groups is 3. The van der Waals surface area contributed by atoms with Crippen molar-refractivity contribution in [1.29, 1.82) is 5.41 Å². The van der Waals surface area contributed by atoms with Gasteiger partial charge in [0, 0.05) is 53.8 Å². The summed E-state index contributed by atoms with van der Waals surface area (Å²) in [7, 11) is 3.06. The maximum absolute atomic E-state index is 13.2. The maximum atomic E-state index is 13.2. The SMILES string of the molecule is C=CC.CNC(=O)COc1cc(C(=N)N)ccc1CNC(=O)c1cc(Cl)cc(N(CC(=O)NC)SCc2ccccc2)c1. The monoisotopic (exact) mass is 624 g/mol. The summed E-state index contributed by atoms with van der Waals surface area (Å²) < 4.78 is 7.41. The highest BCUT2D eigenvalue weighted by molar-refractivity contribution is 7.99. The van der Waals surface area contributed by atoms with Crippen LogP contribution >= 0.6 is 23.5 Å². The van der Waals surface area contributed by atoms with E-state index in [1.165, 1.54) is 19.0 Å². The Balaban J connectivity index is 0.00000206. The van der Waals surface area contributed by atoms with Crippen molar-refractivity contribution in [3.8, 4) is 5.75 Å². The van der Waals surface area contributed by atoms with Crippen molar-refractivity contribution in [2.75, 3.05) is 31.6 Å². The van der Waals surface area contributed by atoms with Gasteiger partial charge in [-0.05, 0) is 48.7 Å². The number of halogens is 1. The first kappa shape index (κ1) is 34.7. The van der Waals surface area contributed by atoms with Gasteiger partial charge in [0.05, 0.1) is 0 Å². The number of benzene rings is 3. The van der Waals surface area contributed by atoms with Crippen molar-refractivity contribution in [2.24, 2.45) is 5.73 Å². The van der Waals surface area contributed by atoms with E-state index in [1.807, 2.05) is 37.3 Å². The van der Waals surface area contributed by atoms with Crippen molar-refractivity contribution < 1.29 is 19.1 Å². The van der Waals surface area contributed by atoms with E-state index in [2.05, 4.69) is 22.5 Å². The lowest BCUT2D eigenvalue weighted by Crippen LogP contribution is -2.32. The molecule has 0 atom stereocenters. The molecule has 0 bridgehead atoms. The Morgan fingerprint density at radius 3 is 2.33 bits per heavy atom. The summed E-state index contributed by atoms with van der Waals surface area (Å²) in [5, 5.41) is 16.0. The number of allylic oxidation sites excluding steroid dienone is 1. The molecule has 0 aliphatic carbocycles. The summed E-state index contributed by atoms with van der Waals surface area (Å²) in [4.78, 5) is 37.1.